The number of benzene rings is 2. The zero-order valence-corrected chi connectivity index (χ0v) is 26.4. The standard InChI is InChI=1S/C37H36B2N5O4/c45-38(46)32-20-29(23-40-13-3-1-4-14-40)19-30(21-32)25-43-17-7-9-34-35-10-8-18-44(37(35)12-11-36(34)43)26-31-22-33(39(47)48)27-42(24-31)28-41-15-5-2-6-16-41/h1-22,24,27,45-48H,23,25-26,28H2/q+5. The van der Waals surface area contributed by atoms with E-state index in [9.17, 15) is 20.1 Å². The van der Waals surface area contributed by atoms with Gasteiger partial charge in [0.05, 0.1) is 16.3 Å². The molecule has 2 aromatic carbocycles. The van der Waals surface area contributed by atoms with E-state index in [1.165, 1.54) is 0 Å². The number of rotatable bonds is 10. The molecule has 0 fully saturated rings. The van der Waals surface area contributed by atoms with Gasteiger partial charge in [0, 0.05) is 65.1 Å². The highest BCUT2D eigenvalue weighted by atomic mass is 16.4. The zero-order valence-electron chi connectivity index (χ0n) is 26.4. The highest BCUT2D eigenvalue weighted by Crippen LogP contribution is 2.21. The summed E-state index contributed by atoms with van der Waals surface area (Å²) < 4.78 is 10.4. The summed E-state index contributed by atoms with van der Waals surface area (Å²) in [6.45, 7) is 2.24. The van der Waals surface area contributed by atoms with Crippen molar-refractivity contribution in [3.8, 4) is 0 Å². The van der Waals surface area contributed by atoms with E-state index in [2.05, 4.69) is 44.0 Å². The highest BCUT2D eigenvalue weighted by molar-refractivity contribution is 6.58. The van der Waals surface area contributed by atoms with E-state index in [0.717, 1.165) is 38.5 Å². The van der Waals surface area contributed by atoms with Crippen molar-refractivity contribution in [2.24, 2.45) is 0 Å². The van der Waals surface area contributed by atoms with Gasteiger partial charge >= 0.3 is 20.9 Å². The van der Waals surface area contributed by atoms with Gasteiger partial charge in [0.2, 0.25) is 11.0 Å². The lowest BCUT2D eigenvalue weighted by Crippen LogP contribution is -2.54. The van der Waals surface area contributed by atoms with Gasteiger partial charge in [0.15, 0.2) is 69.2 Å². The summed E-state index contributed by atoms with van der Waals surface area (Å²) in [6.07, 6.45) is 15.8. The van der Waals surface area contributed by atoms with Gasteiger partial charge in [0.25, 0.3) is 0 Å². The minimum absolute atomic E-state index is 0.430. The van der Waals surface area contributed by atoms with Crippen molar-refractivity contribution in [1.29, 1.82) is 0 Å². The minimum atomic E-state index is -1.58. The van der Waals surface area contributed by atoms with E-state index in [0.29, 0.717) is 37.2 Å². The van der Waals surface area contributed by atoms with Crippen LogP contribution in [0, 0.1) is 0 Å². The Morgan fingerprint density at radius 2 is 0.958 bits per heavy atom. The van der Waals surface area contributed by atoms with Gasteiger partial charge < -0.3 is 20.1 Å². The van der Waals surface area contributed by atoms with Crippen LogP contribution in [-0.2, 0) is 26.3 Å². The molecule has 0 aliphatic carbocycles. The van der Waals surface area contributed by atoms with Gasteiger partial charge in [-0.1, -0.05) is 24.3 Å². The maximum atomic E-state index is 10.1. The average Bonchev–Trinajstić information content (AvgIpc) is 3.09. The summed E-state index contributed by atoms with van der Waals surface area (Å²) in [6, 6.07) is 32.0. The van der Waals surface area contributed by atoms with Crippen LogP contribution >= 0.6 is 0 Å². The Morgan fingerprint density at radius 1 is 0.438 bits per heavy atom. The third-order valence-corrected chi connectivity index (χ3v) is 8.54. The van der Waals surface area contributed by atoms with Crippen LogP contribution < -0.4 is 33.8 Å². The Kier molecular flexibility index (Phi) is 9.00. The van der Waals surface area contributed by atoms with E-state index >= 15 is 0 Å². The van der Waals surface area contributed by atoms with Crippen LogP contribution in [0.2, 0.25) is 0 Å². The predicted octanol–water partition coefficient (Wildman–Crippen LogP) is -0.559. The van der Waals surface area contributed by atoms with Crippen molar-refractivity contribution in [3.63, 3.8) is 0 Å². The molecule has 11 heteroatoms. The summed E-state index contributed by atoms with van der Waals surface area (Å²) in [5.74, 6) is 0. The molecule has 0 saturated carbocycles. The van der Waals surface area contributed by atoms with Gasteiger partial charge in [-0.3, -0.25) is 0 Å². The number of fused-ring (bicyclic) bond motifs is 3. The van der Waals surface area contributed by atoms with Crippen LogP contribution in [0.5, 0.6) is 0 Å². The van der Waals surface area contributed by atoms with Gasteiger partial charge in [-0.25, -0.2) is 4.57 Å². The molecule has 0 unspecified atom stereocenters. The molecule has 7 aromatic rings. The lowest BCUT2D eigenvalue weighted by Gasteiger charge is -2.09. The monoisotopic (exact) mass is 636 g/mol. The summed E-state index contributed by atoms with van der Waals surface area (Å²) in [5.41, 5.74) is 5.90. The Bertz CT molecular complexity index is 2060. The quantitative estimate of drug-likeness (QED) is 0.0920. The number of pyridine rings is 5. The van der Waals surface area contributed by atoms with E-state index in [-0.39, 0.29) is 0 Å². The molecular weight excluding hydrogens is 600 g/mol. The van der Waals surface area contributed by atoms with Crippen LogP contribution in [0.15, 0.2) is 147 Å². The molecule has 0 atom stereocenters. The first-order valence-corrected chi connectivity index (χ1v) is 15.9. The third-order valence-electron chi connectivity index (χ3n) is 8.54. The number of aromatic nitrogens is 5. The fraction of sp³-hybridized carbons (Fsp3) is 0.108. The molecule has 234 valence electrons. The molecule has 0 radical (unpaired) electrons. The SMILES string of the molecule is OB(O)c1cc(C[n+]2ccccc2)cc(C[n+]2cccc3c4ccc[n+](Cc5cc(B(O)O)c[n+](C[n+]6ccccc6)c5)c4ccc32)c1. The number of hydrogen-bond acceptors (Lipinski definition) is 4. The first kappa shape index (κ1) is 31.3. The molecule has 0 aliphatic rings. The molecule has 0 bridgehead atoms. The van der Waals surface area contributed by atoms with Crippen LogP contribution in [0.1, 0.15) is 16.7 Å². The molecule has 0 saturated heterocycles. The van der Waals surface area contributed by atoms with E-state index in [4.69, 9.17) is 0 Å². The topological polar surface area (TPSA) is 100 Å². The molecule has 9 nitrogen and oxygen atoms in total. The summed E-state index contributed by atoms with van der Waals surface area (Å²) in [5, 5.41) is 42.4. The van der Waals surface area contributed by atoms with Crippen LogP contribution in [0.4, 0.5) is 0 Å². The minimum Gasteiger partial charge on any atom is -0.423 e. The first-order chi connectivity index (χ1) is 23.4. The Labute approximate surface area is 279 Å². The Morgan fingerprint density at radius 3 is 1.54 bits per heavy atom. The molecule has 0 amide bonds. The second-order valence-corrected chi connectivity index (χ2v) is 12.1. The second-order valence-electron chi connectivity index (χ2n) is 12.1. The van der Waals surface area contributed by atoms with Gasteiger partial charge in [-0.05, 0) is 29.7 Å². The molecule has 0 aliphatic heterocycles. The van der Waals surface area contributed by atoms with Crippen LogP contribution in [0.25, 0.3) is 21.8 Å². The van der Waals surface area contributed by atoms with Crippen molar-refractivity contribution >= 4 is 47.0 Å². The first-order valence-electron chi connectivity index (χ1n) is 15.9. The van der Waals surface area contributed by atoms with Gasteiger partial charge in [-0.15, -0.1) is 9.13 Å². The Hall–Kier alpha value is -5.32. The van der Waals surface area contributed by atoms with Crippen molar-refractivity contribution in [2.75, 3.05) is 0 Å². The number of hydrogen-bond donors (Lipinski definition) is 4. The number of nitrogens with zero attached hydrogens (tertiary/aromatic N) is 5. The maximum Gasteiger partial charge on any atom is 0.494 e. The fourth-order valence-electron chi connectivity index (χ4n) is 6.41. The van der Waals surface area contributed by atoms with Crippen LogP contribution in [-0.4, -0.2) is 34.3 Å². The van der Waals surface area contributed by atoms with E-state index in [1.54, 1.807) is 6.20 Å². The van der Waals surface area contributed by atoms with E-state index < -0.39 is 14.2 Å². The fourth-order valence-corrected chi connectivity index (χ4v) is 6.41. The summed E-state index contributed by atoms with van der Waals surface area (Å²) >= 11 is 0. The lowest BCUT2D eigenvalue weighted by atomic mass is 9.78. The highest BCUT2D eigenvalue weighted by Gasteiger charge is 2.23. The van der Waals surface area contributed by atoms with Crippen LogP contribution in [0.3, 0.4) is 0 Å². The molecule has 4 N–H and O–H groups in total. The summed E-state index contributed by atoms with van der Waals surface area (Å²) in [4.78, 5) is 0. The van der Waals surface area contributed by atoms with Gasteiger partial charge in [-0.2, -0.15) is 9.13 Å². The van der Waals surface area contributed by atoms with E-state index in [1.807, 2.05) is 119 Å². The van der Waals surface area contributed by atoms with Crippen molar-refractivity contribution in [3.05, 3.63) is 163 Å². The third kappa shape index (κ3) is 7.00. The van der Waals surface area contributed by atoms with Crippen molar-refractivity contribution in [1.82, 2.24) is 0 Å². The maximum absolute atomic E-state index is 10.1. The van der Waals surface area contributed by atoms with Gasteiger partial charge in [0.1, 0.15) is 0 Å². The zero-order chi connectivity index (χ0) is 33.0. The van der Waals surface area contributed by atoms with Crippen molar-refractivity contribution in [2.45, 2.75) is 26.3 Å². The largest absolute Gasteiger partial charge is 0.494 e. The molecule has 7 rings (SSSR count). The second kappa shape index (κ2) is 13.8. The summed E-state index contributed by atoms with van der Waals surface area (Å²) in [7, 11) is -3.14. The normalized spacial score (nSPS) is 11.2. The molecular formula is C37H36B2N5O4+5. The molecule has 0 spiro atoms. The average molecular weight is 636 g/mol. The molecule has 48 heavy (non-hydrogen) atoms. The molecule has 5 aromatic heterocycles. The molecule has 5 heterocycles. The van der Waals surface area contributed by atoms with Crippen molar-refractivity contribution < 1.29 is 42.9 Å². The lowest BCUT2D eigenvalue weighted by molar-refractivity contribution is -0.913. The smallest absolute Gasteiger partial charge is 0.423 e. The Balaban J connectivity index is 1.22. The predicted molar refractivity (Wildman–Crippen MR) is 181 cm³/mol.